The highest BCUT2D eigenvalue weighted by atomic mass is 32.2. The Labute approximate surface area is 125 Å². The molecule has 2 fully saturated rings. The Bertz CT molecular complexity index is 429. The van der Waals surface area contributed by atoms with Gasteiger partial charge in [0, 0.05) is 17.3 Å². The molecule has 3 rings (SSSR count). The minimum absolute atomic E-state index is 0.136. The quantitative estimate of drug-likeness (QED) is 0.855. The highest BCUT2D eigenvalue weighted by Crippen LogP contribution is 2.42. The summed E-state index contributed by atoms with van der Waals surface area (Å²) in [6.07, 6.45) is 10.2. The van der Waals surface area contributed by atoms with Gasteiger partial charge in [-0.1, -0.05) is 25.0 Å². The van der Waals surface area contributed by atoms with Gasteiger partial charge in [-0.25, -0.2) is 4.39 Å². The third-order valence-electron chi connectivity index (χ3n) is 4.72. The minimum atomic E-state index is -0.136. The van der Waals surface area contributed by atoms with E-state index in [2.05, 4.69) is 11.6 Å². The molecular formula is C17H24FNS. The first-order valence-corrected chi connectivity index (χ1v) is 9.11. The van der Waals surface area contributed by atoms with Crippen LogP contribution in [0, 0.1) is 11.7 Å². The van der Waals surface area contributed by atoms with Crippen LogP contribution in [0.2, 0.25) is 0 Å². The Kier molecular flexibility index (Phi) is 4.67. The van der Waals surface area contributed by atoms with Crippen molar-refractivity contribution in [1.29, 1.82) is 0 Å². The molecule has 2 aliphatic carbocycles. The lowest BCUT2D eigenvalue weighted by Gasteiger charge is -2.34. The first kappa shape index (κ1) is 14.4. The molecule has 3 atom stereocenters. The molecule has 3 unspecified atom stereocenters. The molecule has 0 amide bonds. The maximum atomic E-state index is 13.1. The highest BCUT2D eigenvalue weighted by Gasteiger charge is 2.35. The van der Waals surface area contributed by atoms with Crippen molar-refractivity contribution in [3.05, 3.63) is 35.6 Å². The third-order valence-corrected chi connectivity index (χ3v) is 5.89. The van der Waals surface area contributed by atoms with E-state index in [1.165, 1.54) is 44.1 Å². The van der Waals surface area contributed by atoms with Gasteiger partial charge in [-0.2, -0.15) is 11.8 Å². The molecule has 0 spiro atoms. The Morgan fingerprint density at radius 2 is 1.80 bits per heavy atom. The van der Waals surface area contributed by atoms with Crippen molar-refractivity contribution in [2.75, 3.05) is 6.26 Å². The van der Waals surface area contributed by atoms with Gasteiger partial charge < -0.3 is 5.32 Å². The number of nitrogens with one attached hydrogen (secondary N) is 1. The summed E-state index contributed by atoms with van der Waals surface area (Å²) < 4.78 is 13.1. The predicted octanol–water partition coefficient (Wildman–Crippen LogP) is 4.54. The molecule has 20 heavy (non-hydrogen) atoms. The molecular weight excluding hydrogens is 269 g/mol. The number of hydrogen-bond donors (Lipinski definition) is 1. The van der Waals surface area contributed by atoms with Gasteiger partial charge in [0.25, 0.3) is 0 Å². The summed E-state index contributed by atoms with van der Waals surface area (Å²) >= 11 is 2.00. The van der Waals surface area contributed by atoms with Crippen LogP contribution in [0.1, 0.15) is 50.1 Å². The monoisotopic (exact) mass is 293 g/mol. The average Bonchev–Trinajstić information content (AvgIpc) is 3.31. The second-order valence-electron chi connectivity index (χ2n) is 6.20. The van der Waals surface area contributed by atoms with E-state index in [0.717, 1.165) is 11.2 Å². The van der Waals surface area contributed by atoms with Crippen molar-refractivity contribution in [3.63, 3.8) is 0 Å². The lowest BCUT2D eigenvalue weighted by molar-refractivity contribution is 0.331. The fraction of sp³-hybridized carbons (Fsp3) is 0.647. The maximum absolute atomic E-state index is 13.1. The molecule has 1 nitrogen and oxygen atoms in total. The van der Waals surface area contributed by atoms with Crippen molar-refractivity contribution in [3.8, 4) is 0 Å². The number of hydrogen-bond acceptors (Lipinski definition) is 2. The molecule has 110 valence electrons. The van der Waals surface area contributed by atoms with Gasteiger partial charge in [0.05, 0.1) is 0 Å². The van der Waals surface area contributed by atoms with E-state index in [0.29, 0.717) is 12.1 Å². The number of rotatable bonds is 5. The second-order valence-corrected chi connectivity index (χ2v) is 7.28. The Morgan fingerprint density at radius 3 is 2.45 bits per heavy atom. The Hall–Kier alpha value is -0.540. The first-order chi connectivity index (χ1) is 9.78. The summed E-state index contributed by atoms with van der Waals surface area (Å²) in [5.41, 5.74) is 1.26. The van der Waals surface area contributed by atoms with Crippen molar-refractivity contribution in [2.45, 2.75) is 55.9 Å². The van der Waals surface area contributed by atoms with Crippen LogP contribution < -0.4 is 5.32 Å². The fourth-order valence-corrected chi connectivity index (χ4v) is 4.35. The van der Waals surface area contributed by atoms with Gasteiger partial charge in [-0.05, 0) is 55.6 Å². The number of thioether (sulfide) groups is 1. The third kappa shape index (κ3) is 3.37. The lowest BCUT2D eigenvalue weighted by Crippen LogP contribution is -2.43. The van der Waals surface area contributed by atoms with E-state index >= 15 is 0 Å². The molecule has 3 heteroatoms. The molecule has 2 aliphatic rings. The van der Waals surface area contributed by atoms with E-state index in [1.807, 2.05) is 23.9 Å². The Morgan fingerprint density at radius 1 is 1.10 bits per heavy atom. The largest absolute Gasteiger partial charge is 0.306 e. The van der Waals surface area contributed by atoms with Crippen molar-refractivity contribution < 1.29 is 4.39 Å². The van der Waals surface area contributed by atoms with Gasteiger partial charge in [-0.3, -0.25) is 0 Å². The van der Waals surface area contributed by atoms with Crippen LogP contribution in [0.5, 0.6) is 0 Å². The minimum Gasteiger partial charge on any atom is -0.306 e. The number of benzene rings is 1. The normalized spacial score (nSPS) is 28.3. The molecule has 1 aromatic rings. The summed E-state index contributed by atoms with van der Waals surface area (Å²) in [5.74, 6) is 0.618. The van der Waals surface area contributed by atoms with Crippen molar-refractivity contribution in [2.24, 2.45) is 5.92 Å². The van der Waals surface area contributed by atoms with Gasteiger partial charge in [0.1, 0.15) is 5.82 Å². The molecule has 0 aliphatic heterocycles. The van der Waals surface area contributed by atoms with Gasteiger partial charge >= 0.3 is 0 Å². The maximum Gasteiger partial charge on any atom is 0.123 e. The molecule has 0 aromatic heterocycles. The first-order valence-electron chi connectivity index (χ1n) is 7.82. The Balaban J connectivity index is 1.72. The van der Waals surface area contributed by atoms with Crippen molar-refractivity contribution in [1.82, 2.24) is 5.32 Å². The highest BCUT2D eigenvalue weighted by molar-refractivity contribution is 7.99. The summed E-state index contributed by atoms with van der Waals surface area (Å²) in [7, 11) is 0. The van der Waals surface area contributed by atoms with E-state index in [4.69, 9.17) is 0 Å². The second kappa shape index (κ2) is 6.48. The van der Waals surface area contributed by atoms with E-state index in [1.54, 1.807) is 12.1 Å². The standard InChI is InChI=1S/C17H24FNS/c1-20-16-5-3-2-4-15(16)19-17(12-6-7-12)13-8-10-14(18)11-9-13/h8-12,15-17,19H,2-7H2,1H3. The molecule has 0 saturated heterocycles. The summed E-state index contributed by atoms with van der Waals surface area (Å²) in [6.45, 7) is 0. The summed E-state index contributed by atoms with van der Waals surface area (Å²) in [6, 6.07) is 8.16. The van der Waals surface area contributed by atoms with E-state index < -0.39 is 0 Å². The smallest absolute Gasteiger partial charge is 0.123 e. The van der Waals surface area contributed by atoms with Crippen molar-refractivity contribution >= 4 is 11.8 Å². The average molecular weight is 293 g/mol. The molecule has 1 aromatic carbocycles. The van der Waals surface area contributed by atoms with Gasteiger partial charge in [0.2, 0.25) is 0 Å². The van der Waals surface area contributed by atoms with Crippen LogP contribution in [0.3, 0.4) is 0 Å². The van der Waals surface area contributed by atoms with Crippen LogP contribution in [0.25, 0.3) is 0 Å². The van der Waals surface area contributed by atoms with Gasteiger partial charge in [-0.15, -0.1) is 0 Å². The van der Waals surface area contributed by atoms with Crippen LogP contribution in [-0.2, 0) is 0 Å². The molecule has 2 saturated carbocycles. The van der Waals surface area contributed by atoms with Crippen LogP contribution in [0.4, 0.5) is 4.39 Å². The van der Waals surface area contributed by atoms with E-state index in [-0.39, 0.29) is 5.82 Å². The van der Waals surface area contributed by atoms with Crippen LogP contribution in [-0.4, -0.2) is 17.5 Å². The lowest BCUT2D eigenvalue weighted by atomic mass is 9.92. The van der Waals surface area contributed by atoms with Crippen LogP contribution >= 0.6 is 11.8 Å². The molecule has 0 bridgehead atoms. The predicted molar refractivity (Wildman–Crippen MR) is 84.6 cm³/mol. The summed E-state index contributed by atoms with van der Waals surface area (Å²) in [4.78, 5) is 0. The number of halogens is 1. The van der Waals surface area contributed by atoms with E-state index in [9.17, 15) is 4.39 Å². The topological polar surface area (TPSA) is 12.0 Å². The molecule has 1 N–H and O–H groups in total. The molecule has 0 heterocycles. The summed E-state index contributed by atoms with van der Waals surface area (Å²) in [5, 5.41) is 4.65. The zero-order chi connectivity index (χ0) is 13.9. The van der Waals surface area contributed by atoms with Gasteiger partial charge in [0.15, 0.2) is 0 Å². The fourth-order valence-electron chi connectivity index (χ4n) is 3.40. The SMILES string of the molecule is CSC1CCCCC1NC(c1ccc(F)cc1)C1CC1. The zero-order valence-corrected chi connectivity index (χ0v) is 13.0. The van der Waals surface area contributed by atoms with Crippen LogP contribution in [0.15, 0.2) is 24.3 Å². The molecule has 0 radical (unpaired) electrons. The zero-order valence-electron chi connectivity index (χ0n) is 12.1.